The number of fused-ring (bicyclic) bond motifs is 2. The lowest BCUT2D eigenvalue weighted by molar-refractivity contribution is -0.123. The molecule has 2 unspecified atom stereocenters. The van der Waals surface area contributed by atoms with Gasteiger partial charge >= 0.3 is 0 Å². The zero-order valence-corrected chi connectivity index (χ0v) is 10.2. The van der Waals surface area contributed by atoms with Gasteiger partial charge in [0, 0.05) is 18.5 Å². The lowest BCUT2D eigenvalue weighted by atomic mass is 9.67. The van der Waals surface area contributed by atoms with E-state index in [1.807, 2.05) is 0 Å². The Balaban J connectivity index is 1.95. The number of hydrogen-bond donors (Lipinski definition) is 2. The molecule has 3 nitrogen and oxygen atoms in total. The molecule has 2 aliphatic carbocycles. The van der Waals surface area contributed by atoms with E-state index >= 15 is 0 Å². The predicted octanol–water partition coefficient (Wildman–Crippen LogP) is 1.81. The monoisotopic (exact) mass is 224 g/mol. The second-order valence-corrected chi connectivity index (χ2v) is 5.53. The van der Waals surface area contributed by atoms with E-state index in [1.54, 1.807) is 0 Å². The van der Waals surface area contributed by atoms with Crippen LogP contribution >= 0.6 is 0 Å². The van der Waals surface area contributed by atoms with Crippen LogP contribution in [0.15, 0.2) is 0 Å². The number of carbonyl (C=O) groups is 1. The summed E-state index contributed by atoms with van der Waals surface area (Å²) in [5.74, 6) is 1.52. The van der Waals surface area contributed by atoms with Gasteiger partial charge in [-0.3, -0.25) is 4.79 Å². The first-order valence-corrected chi connectivity index (χ1v) is 6.75. The molecule has 2 aliphatic rings. The average Bonchev–Trinajstić information content (AvgIpc) is 2.19. The van der Waals surface area contributed by atoms with Crippen molar-refractivity contribution < 1.29 is 4.79 Å². The summed E-state index contributed by atoms with van der Waals surface area (Å²) in [5, 5.41) is 3.25. The van der Waals surface area contributed by atoms with Crippen molar-refractivity contribution in [3.8, 4) is 0 Å². The molecular weight excluding hydrogens is 200 g/mol. The standard InChI is InChI=1S/C13H24N2O/c1-2-4-12(16)15-13-9-5-3-6-10(13)8-11(14)7-9/h9-11,13H,2-8,14H2,1H3,(H,15,16). The van der Waals surface area contributed by atoms with Crippen LogP contribution in [0, 0.1) is 11.8 Å². The van der Waals surface area contributed by atoms with E-state index in [0.29, 0.717) is 30.3 Å². The zero-order chi connectivity index (χ0) is 11.5. The summed E-state index contributed by atoms with van der Waals surface area (Å²) >= 11 is 0. The van der Waals surface area contributed by atoms with Crippen molar-refractivity contribution in [3.63, 3.8) is 0 Å². The highest BCUT2D eigenvalue weighted by molar-refractivity contribution is 5.76. The molecule has 2 atom stereocenters. The molecule has 0 heterocycles. The van der Waals surface area contributed by atoms with Gasteiger partial charge in [0.1, 0.15) is 0 Å². The topological polar surface area (TPSA) is 55.1 Å². The van der Waals surface area contributed by atoms with Crippen molar-refractivity contribution in [1.82, 2.24) is 5.32 Å². The third kappa shape index (κ3) is 2.57. The van der Waals surface area contributed by atoms with E-state index < -0.39 is 0 Å². The lowest BCUT2D eigenvalue weighted by Gasteiger charge is -2.45. The van der Waals surface area contributed by atoms with Crippen LogP contribution in [0.2, 0.25) is 0 Å². The van der Waals surface area contributed by atoms with Gasteiger partial charge in [-0.05, 0) is 43.9 Å². The average molecular weight is 224 g/mol. The summed E-state index contributed by atoms with van der Waals surface area (Å²) in [7, 11) is 0. The number of rotatable bonds is 3. The van der Waals surface area contributed by atoms with Gasteiger partial charge in [-0.15, -0.1) is 0 Å². The number of amides is 1. The van der Waals surface area contributed by atoms with Crippen LogP contribution in [-0.4, -0.2) is 18.0 Å². The Morgan fingerprint density at radius 1 is 1.31 bits per heavy atom. The molecule has 0 aromatic carbocycles. The van der Waals surface area contributed by atoms with Gasteiger partial charge in [0.25, 0.3) is 0 Å². The van der Waals surface area contributed by atoms with Crippen LogP contribution in [0.3, 0.4) is 0 Å². The molecule has 0 radical (unpaired) electrons. The molecule has 2 bridgehead atoms. The molecule has 3 heteroatoms. The van der Waals surface area contributed by atoms with Crippen LogP contribution in [0.1, 0.15) is 51.9 Å². The lowest BCUT2D eigenvalue weighted by Crippen LogP contribution is -2.53. The van der Waals surface area contributed by atoms with Gasteiger partial charge in [-0.2, -0.15) is 0 Å². The molecular formula is C13H24N2O. The predicted molar refractivity (Wildman–Crippen MR) is 64.9 cm³/mol. The van der Waals surface area contributed by atoms with Crippen LogP contribution in [0.4, 0.5) is 0 Å². The fourth-order valence-electron chi connectivity index (χ4n) is 3.51. The van der Waals surface area contributed by atoms with Crippen LogP contribution in [0.5, 0.6) is 0 Å². The largest absolute Gasteiger partial charge is 0.353 e. The van der Waals surface area contributed by atoms with Crippen LogP contribution in [-0.2, 0) is 4.79 Å². The van der Waals surface area contributed by atoms with Crippen molar-refractivity contribution in [1.29, 1.82) is 0 Å². The second kappa shape index (κ2) is 5.17. The Morgan fingerprint density at radius 2 is 1.94 bits per heavy atom. The zero-order valence-electron chi connectivity index (χ0n) is 10.2. The van der Waals surface area contributed by atoms with Crippen molar-refractivity contribution in [3.05, 3.63) is 0 Å². The van der Waals surface area contributed by atoms with Gasteiger partial charge in [0.05, 0.1) is 0 Å². The highest BCUT2D eigenvalue weighted by atomic mass is 16.1. The first-order chi connectivity index (χ1) is 7.70. The molecule has 1 amide bonds. The summed E-state index contributed by atoms with van der Waals surface area (Å²) in [6, 6.07) is 0.794. The Hall–Kier alpha value is -0.570. The maximum atomic E-state index is 11.7. The van der Waals surface area contributed by atoms with Crippen molar-refractivity contribution in [2.24, 2.45) is 17.6 Å². The Labute approximate surface area is 98.2 Å². The minimum atomic E-state index is 0.236. The number of nitrogens with one attached hydrogen (secondary N) is 1. The molecule has 0 aliphatic heterocycles. The molecule has 0 aromatic heterocycles. The molecule has 16 heavy (non-hydrogen) atoms. The van der Waals surface area contributed by atoms with E-state index in [2.05, 4.69) is 12.2 Å². The Morgan fingerprint density at radius 3 is 2.50 bits per heavy atom. The fraction of sp³-hybridized carbons (Fsp3) is 0.923. The van der Waals surface area contributed by atoms with E-state index in [0.717, 1.165) is 19.3 Å². The normalized spacial score (nSPS) is 38.1. The summed E-state index contributed by atoms with van der Waals surface area (Å²) < 4.78 is 0. The smallest absolute Gasteiger partial charge is 0.220 e. The summed E-state index contributed by atoms with van der Waals surface area (Å²) in [5.41, 5.74) is 6.06. The fourth-order valence-corrected chi connectivity index (χ4v) is 3.51. The van der Waals surface area contributed by atoms with Crippen LogP contribution < -0.4 is 11.1 Å². The molecule has 92 valence electrons. The highest BCUT2D eigenvalue weighted by Crippen LogP contribution is 2.39. The molecule has 0 spiro atoms. The maximum absolute atomic E-state index is 11.7. The minimum absolute atomic E-state index is 0.236. The van der Waals surface area contributed by atoms with E-state index in [4.69, 9.17) is 5.73 Å². The highest BCUT2D eigenvalue weighted by Gasteiger charge is 2.39. The molecule has 2 fully saturated rings. The van der Waals surface area contributed by atoms with Gasteiger partial charge in [-0.1, -0.05) is 13.3 Å². The molecule has 3 N–H and O–H groups in total. The Kier molecular flexibility index (Phi) is 3.85. The molecule has 2 saturated carbocycles. The van der Waals surface area contributed by atoms with Crippen molar-refractivity contribution in [2.75, 3.05) is 0 Å². The van der Waals surface area contributed by atoms with Gasteiger partial charge in [-0.25, -0.2) is 0 Å². The maximum Gasteiger partial charge on any atom is 0.220 e. The first kappa shape index (κ1) is 11.9. The molecule has 2 rings (SSSR count). The number of carbonyl (C=O) groups excluding carboxylic acids is 1. The van der Waals surface area contributed by atoms with Gasteiger partial charge in [0.2, 0.25) is 5.91 Å². The van der Waals surface area contributed by atoms with Crippen molar-refractivity contribution >= 4 is 5.91 Å². The van der Waals surface area contributed by atoms with Gasteiger partial charge < -0.3 is 11.1 Å². The molecule has 0 saturated heterocycles. The van der Waals surface area contributed by atoms with Gasteiger partial charge in [0.15, 0.2) is 0 Å². The summed E-state index contributed by atoms with van der Waals surface area (Å²) in [6.45, 7) is 2.05. The first-order valence-electron chi connectivity index (χ1n) is 6.75. The quantitative estimate of drug-likeness (QED) is 0.768. The number of hydrogen-bond acceptors (Lipinski definition) is 2. The Bertz CT molecular complexity index is 240. The van der Waals surface area contributed by atoms with E-state index in [-0.39, 0.29) is 5.91 Å². The van der Waals surface area contributed by atoms with Crippen LogP contribution in [0.25, 0.3) is 0 Å². The SMILES string of the molecule is CCCC(=O)NC1C2CCCC1CC(N)C2. The third-order valence-electron chi connectivity index (χ3n) is 4.18. The van der Waals surface area contributed by atoms with E-state index in [1.165, 1.54) is 19.3 Å². The second-order valence-electron chi connectivity index (χ2n) is 5.53. The summed E-state index contributed by atoms with van der Waals surface area (Å²) in [6.07, 6.45) is 7.64. The number of nitrogens with two attached hydrogens (primary N) is 1. The van der Waals surface area contributed by atoms with Crippen molar-refractivity contribution in [2.45, 2.75) is 64.0 Å². The molecule has 0 aromatic rings. The third-order valence-corrected chi connectivity index (χ3v) is 4.18. The van der Waals surface area contributed by atoms with E-state index in [9.17, 15) is 4.79 Å². The minimum Gasteiger partial charge on any atom is -0.353 e. The summed E-state index contributed by atoms with van der Waals surface area (Å²) in [4.78, 5) is 11.7.